The van der Waals surface area contributed by atoms with Crippen LogP contribution in [0.4, 0.5) is 0 Å². The topological polar surface area (TPSA) is 46.5 Å². The fourth-order valence-corrected chi connectivity index (χ4v) is 3.61. The smallest absolute Gasteiger partial charge is 0.310 e. The first-order chi connectivity index (χ1) is 11.9. The van der Waals surface area contributed by atoms with E-state index in [1.807, 2.05) is 63.2 Å². The molecule has 0 aromatic heterocycles. The molecule has 2 aromatic rings. The molecule has 0 aliphatic heterocycles. The average Bonchev–Trinajstić information content (AvgIpc) is 2.60. The van der Waals surface area contributed by atoms with Crippen LogP contribution >= 0.6 is 11.8 Å². The molecule has 0 heterocycles. The summed E-state index contributed by atoms with van der Waals surface area (Å²) >= 11 is 1.59. The van der Waals surface area contributed by atoms with Crippen LogP contribution in [0.2, 0.25) is 0 Å². The van der Waals surface area contributed by atoms with Crippen molar-refractivity contribution in [3.63, 3.8) is 0 Å². The lowest BCUT2D eigenvalue weighted by Gasteiger charge is -2.24. The minimum absolute atomic E-state index is 0.531. The Kier molecular flexibility index (Phi) is 6.94. The van der Waals surface area contributed by atoms with Crippen LogP contribution in [0, 0.1) is 19.3 Å². The van der Waals surface area contributed by atoms with Gasteiger partial charge in [0.15, 0.2) is 0 Å². The molecule has 0 radical (unpaired) electrons. The van der Waals surface area contributed by atoms with Gasteiger partial charge in [0.25, 0.3) is 0 Å². The van der Waals surface area contributed by atoms with Crippen LogP contribution in [0.15, 0.2) is 53.4 Å². The monoisotopic (exact) mass is 358 g/mol. The molecule has 1 atom stereocenters. The number of hydrogen-bond acceptors (Lipinski definition) is 3. The Bertz CT molecular complexity index is 700. The highest BCUT2D eigenvalue weighted by atomic mass is 32.2. The highest BCUT2D eigenvalue weighted by Crippen LogP contribution is 2.32. The first-order valence-corrected chi connectivity index (χ1v) is 9.50. The maximum absolute atomic E-state index is 11.8. The molecule has 2 rings (SSSR count). The van der Waals surface area contributed by atoms with E-state index in [4.69, 9.17) is 4.74 Å². The van der Waals surface area contributed by atoms with Crippen LogP contribution in [-0.4, -0.2) is 23.4 Å². The van der Waals surface area contributed by atoms with Crippen molar-refractivity contribution in [3.8, 4) is 5.75 Å². The Morgan fingerprint density at radius 3 is 2.56 bits per heavy atom. The van der Waals surface area contributed by atoms with Crippen molar-refractivity contribution in [2.45, 2.75) is 38.5 Å². The van der Waals surface area contributed by atoms with Crippen molar-refractivity contribution in [1.29, 1.82) is 0 Å². The predicted molar refractivity (Wildman–Crippen MR) is 104 cm³/mol. The number of rotatable bonds is 9. The van der Waals surface area contributed by atoms with Gasteiger partial charge in [-0.15, -0.1) is 11.8 Å². The fraction of sp³-hybridized carbons (Fsp3) is 0.381. The van der Waals surface area contributed by atoms with Crippen LogP contribution in [0.5, 0.6) is 5.75 Å². The Balaban J connectivity index is 1.86. The summed E-state index contributed by atoms with van der Waals surface area (Å²) in [5.41, 5.74) is 1.51. The summed E-state index contributed by atoms with van der Waals surface area (Å²) in [6.45, 7) is 6.41. The zero-order valence-corrected chi connectivity index (χ0v) is 15.9. The van der Waals surface area contributed by atoms with Crippen LogP contribution in [0.1, 0.15) is 30.9 Å². The third-order valence-electron chi connectivity index (χ3n) is 4.29. The van der Waals surface area contributed by atoms with Gasteiger partial charge in [0.2, 0.25) is 0 Å². The summed E-state index contributed by atoms with van der Waals surface area (Å²) in [4.78, 5) is 12.9. The minimum Gasteiger partial charge on any atom is -0.493 e. The maximum Gasteiger partial charge on any atom is 0.310 e. The van der Waals surface area contributed by atoms with Crippen molar-refractivity contribution >= 4 is 17.7 Å². The number of carbonyl (C=O) groups is 1. The van der Waals surface area contributed by atoms with Crippen LogP contribution in [0.25, 0.3) is 0 Å². The molecule has 0 aliphatic carbocycles. The highest BCUT2D eigenvalue weighted by molar-refractivity contribution is 7.99. The van der Waals surface area contributed by atoms with E-state index in [0.717, 1.165) is 21.8 Å². The normalized spacial score (nSPS) is 13.2. The van der Waals surface area contributed by atoms with Crippen molar-refractivity contribution < 1.29 is 14.6 Å². The summed E-state index contributed by atoms with van der Waals surface area (Å²) in [6.07, 6.45) is 1.30. The number of ether oxygens (including phenoxy) is 1. The first-order valence-electron chi connectivity index (χ1n) is 8.52. The standard InChI is InChI=1S/C21H26O3S/c1-16-10-11-17(2)19(14-16)24-13-7-12-21(3,20(22)23)15-25-18-8-5-4-6-9-18/h4-6,8-11,14H,7,12-13,15H2,1-3H3,(H,22,23). The maximum atomic E-state index is 11.8. The van der Waals surface area contributed by atoms with E-state index in [-0.39, 0.29) is 0 Å². The summed E-state index contributed by atoms with van der Waals surface area (Å²) in [5, 5.41) is 9.65. The van der Waals surface area contributed by atoms with Crippen LogP contribution in [0.3, 0.4) is 0 Å². The van der Waals surface area contributed by atoms with Crippen molar-refractivity contribution in [2.75, 3.05) is 12.4 Å². The van der Waals surface area contributed by atoms with Gasteiger partial charge in [0.05, 0.1) is 12.0 Å². The average molecular weight is 359 g/mol. The molecule has 0 saturated carbocycles. The lowest BCUT2D eigenvalue weighted by atomic mass is 9.88. The molecule has 0 amide bonds. The van der Waals surface area contributed by atoms with Gasteiger partial charge in [-0.1, -0.05) is 30.3 Å². The molecule has 0 fully saturated rings. The number of benzene rings is 2. The number of aliphatic carboxylic acids is 1. The molecule has 1 unspecified atom stereocenters. The van der Waals surface area contributed by atoms with Gasteiger partial charge >= 0.3 is 5.97 Å². The summed E-state index contributed by atoms with van der Waals surface area (Å²) in [6, 6.07) is 16.1. The second-order valence-corrected chi connectivity index (χ2v) is 7.74. The van der Waals surface area contributed by atoms with E-state index in [2.05, 4.69) is 6.07 Å². The van der Waals surface area contributed by atoms with Gasteiger partial charge in [-0.2, -0.15) is 0 Å². The molecule has 134 valence electrons. The Hall–Kier alpha value is -1.94. The largest absolute Gasteiger partial charge is 0.493 e. The molecular formula is C21H26O3S. The highest BCUT2D eigenvalue weighted by Gasteiger charge is 2.32. The van der Waals surface area contributed by atoms with E-state index in [1.165, 1.54) is 0 Å². The molecule has 0 saturated heterocycles. The Labute approximate surface area is 154 Å². The van der Waals surface area contributed by atoms with Gasteiger partial charge in [-0.25, -0.2) is 0 Å². The van der Waals surface area contributed by atoms with Crippen molar-refractivity contribution in [2.24, 2.45) is 5.41 Å². The summed E-state index contributed by atoms with van der Waals surface area (Å²) in [5.74, 6) is 0.689. The molecule has 4 heteroatoms. The van der Waals surface area contributed by atoms with Gasteiger partial charge in [-0.05, 0) is 62.9 Å². The van der Waals surface area contributed by atoms with E-state index < -0.39 is 11.4 Å². The van der Waals surface area contributed by atoms with Gasteiger partial charge in [-0.3, -0.25) is 4.79 Å². The van der Waals surface area contributed by atoms with Crippen LogP contribution in [-0.2, 0) is 4.79 Å². The Morgan fingerprint density at radius 2 is 1.88 bits per heavy atom. The van der Waals surface area contributed by atoms with Crippen molar-refractivity contribution in [3.05, 3.63) is 59.7 Å². The molecule has 0 bridgehead atoms. The van der Waals surface area contributed by atoms with Gasteiger partial charge in [0, 0.05) is 10.6 Å². The van der Waals surface area contributed by atoms with E-state index in [0.29, 0.717) is 25.2 Å². The summed E-state index contributed by atoms with van der Waals surface area (Å²) < 4.78 is 5.86. The molecule has 2 aromatic carbocycles. The molecule has 0 aliphatic rings. The van der Waals surface area contributed by atoms with Crippen molar-refractivity contribution in [1.82, 2.24) is 0 Å². The third kappa shape index (κ3) is 5.82. The van der Waals surface area contributed by atoms with E-state index in [9.17, 15) is 9.90 Å². The first kappa shape index (κ1) is 19.4. The second kappa shape index (κ2) is 8.95. The van der Waals surface area contributed by atoms with Crippen LogP contribution < -0.4 is 4.74 Å². The fourth-order valence-electron chi connectivity index (χ4n) is 2.51. The summed E-state index contributed by atoms with van der Waals surface area (Å²) in [7, 11) is 0. The number of hydrogen-bond donors (Lipinski definition) is 1. The minimum atomic E-state index is -0.758. The van der Waals surface area contributed by atoms with E-state index >= 15 is 0 Å². The molecule has 3 nitrogen and oxygen atoms in total. The molecule has 25 heavy (non-hydrogen) atoms. The second-order valence-electron chi connectivity index (χ2n) is 6.69. The quantitative estimate of drug-likeness (QED) is 0.485. The molecular weight excluding hydrogens is 332 g/mol. The number of thioether (sulfide) groups is 1. The van der Waals surface area contributed by atoms with E-state index in [1.54, 1.807) is 11.8 Å². The third-order valence-corrected chi connectivity index (χ3v) is 5.68. The number of carboxylic acids is 1. The number of aryl methyl sites for hydroxylation is 2. The SMILES string of the molecule is Cc1ccc(C)c(OCCCC(C)(CSc2ccccc2)C(=O)O)c1. The van der Waals surface area contributed by atoms with Gasteiger partial charge in [0.1, 0.15) is 5.75 Å². The predicted octanol–water partition coefficient (Wildman–Crippen LogP) is 5.35. The zero-order chi connectivity index (χ0) is 18.3. The molecule has 1 N–H and O–H groups in total. The zero-order valence-electron chi connectivity index (χ0n) is 15.1. The lowest BCUT2D eigenvalue weighted by molar-refractivity contribution is -0.147. The number of carboxylic acid groups (broad SMARTS) is 1. The Morgan fingerprint density at radius 1 is 1.16 bits per heavy atom. The molecule has 0 spiro atoms. The lowest BCUT2D eigenvalue weighted by Crippen LogP contribution is -2.30. The van der Waals surface area contributed by atoms with Gasteiger partial charge < -0.3 is 9.84 Å².